The Kier molecular flexibility index (Phi) is 5.42. The minimum Gasteiger partial charge on any atom is -0.507 e. The van der Waals surface area contributed by atoms with Crippen molar-refractivity contribution in [3.63, 3.8) is 0 Å². The molecule has 0 radical (unpaired) electrons. The number of Topliss-reactive ketones (excluding diaryl/α,β-unsaturated/α-hetero) is 1. The molecule has 1 saturated heterocycles. The summed E-state index contributed by atoms with van der Waals surface area (Å²) in [5, 5.41) is 26.3. The molecular weight excluding hydrogens is 430 g/mol. The van der Waals surface area contributed by atoms with Gasteiger partial charge in [-0.3, -0.25) is 24.6 Å². The number of rotatable bonds is 5. The van der Waals surface area contributed by atoms with Crippen molar-refractivity contribution in [3.8, 4) is 5.75 Å². The summed E-state index contributed by atoms with van der Waals surface area (Å²) < 4.78 is 10.3. The average Bonchev–Trinajstić information content (AvgIpc) is 3.34. The summed E-state index contributed by atoms with van der Waals surface area (Å²) in [7, 11) is 1.51. The smallest absolute Gasteiger partial charge is 0.301 e. The second-order valence-corrected chi connectivity index (χ2v) is 7.50. The lowest BCUT2D eigenvalue weighted by molar-refractivity contribution is -0.384. The highest BCUT2D eigenvalue weighted by atomic mass is 16.6. The van der Waals surface area contributed by atoms with Gasteiger partial charge in [-0.25, -0.2) is 0 Å². The highest BCUT2D eigenvalue weighted by Crippen LogP contribution is 2.42. The molecule has 0 unspecified atom stereocenters. The number of aryl methyl sites for hydroxylation is 2. The summed E-state index contributed by atoms with van der Waals surface area (Å²) in [4.78, 5) is 38.0. The van der Waals surface area contributed by atoms with Gasteiger partial charge >= 0.3 is 5.91 Å². The van der Waals surface area contributed by atoms with E-state index in [0.717, 1.165) is 4.90 Å². The first-order chi connectivity index (χ1) is 15.7. The highest BCUT2D eigenvalue weighted by Gasteiger charge is 2.48. The van der Waals surface area contributed by atoms with Crippen LogP contribution in [0.15, 0.2) is 58.6 Å². The number of methoxy groups -OCH3 is 1. The van der Waals surface area contributed by atoms with Gasteiger partial charge in [0.25, 0.3) is 11.5 Å². The quantitative estimate of drug-likeness (QED) is 0.204. The first-order valence-corrected chi connectivity index (χ1v) is 9.86. The normalized spacial score (nSPS) is 17.4. The fourth-order valence-corrected chi connectivity index (χ4v) is 3.84. The van der Waals surface area contributed by atoms with Crippen molar-refractivity contribution in [1.82, 2.24) is 5.16 Å². The Morgan fingerprint density at radius 2 is 1.94 bits per heavy atom. The fourth-order valence-electron chi connectivity index (χ4n) is 3.84. The minimum absolute atomic E-state index is 0.0519. The number of aliphatic hydroxyl groups excluding tert-OH is 1. The van der Waals surface area contributed by atoms with Crippen LogP contribution >= 0.6 is 0 Å². The molecule has 1 amide bonds. The van der Waals surface area contributed by atoms with Gasteiger partial charge in [0, 0.05) is 23.8 Å². The van der Waals surface area contributed by atoms with Gasteiger partial charge in [-0.15, -0.1) is 0 Å². The van der Waals surface area contributed by atoms with Gasteiger partial charge in [-0.2, -0.15) is 0 Å². The number of non-ortho nitro benzene ring substituents is 1. The van der Waals surface area contributed by atoms with Crippen LogP contribution in [0, 0.1) is 24.0 Å². The van der Waals surface area contributed by atoms with E-state index in [9.17, 15) is 24.8 Å². The van der Waals surface area contributed by atoms with E-state index >= 15 is 0 Å². The van der Waals surface area contributed by atoms with Crippen molar-refractivity contribution in [2.75, 3.05) is 12.0 Å². The topological polar surface area (TPSA) is 136 Å². The van der Waals surface area contributed by atoms with Crippen LogP contribution in [-0.2, 0) is 9.59 Å². The molecule has 2 heterocycles. The monoisotopic (exact) mass is 449 g/mol. The van der Waals surface area contributed by atoms with E-state index in [2.05, 4.69) is 5.16 Å². The van der Waals surface area contributed by atoms with Crippen molar-refractivity contribution in [1.29, 1.82) is 0 Å². The fraction of sp³-hybridized carbons (Fsp3) is 0.174. The lowest BCUT2D eigenvalue weighted by Gasteiger charge is -2.22. The molecule has 10 nitrogen and oxygen atoms in total. The van der Waals surface area contributed by atoms with Crippen molar-refractivity contribution in [2.45, 2.75) is 19.9 Å². The standard InChI is InChI=1S/C23H19N3O7/c1-12-9-15(7-8-17(12)32-3)21(27)19-20(14-5-4-6-16(11-14)26(30)31)25(23(29)22(19)28)18-10-13(2)33-24-18/h4-11,20,27H,1-3H3/b21-19+/t20-/m0/s1. The van der Waals surface area contributed by atoms with Gasteiger partial charge < -0.3 is 14.4 Å². The molecule has 1 aromatic heterocycles. The summed E-state index contributed by atoms with van der Waals surface area (Å²) in [6.45, 7) is 3.39. The van der Waals surface area contributed by atoms with Crippen LogP contribution in [-0.4, -0.2) is 34.0 Å². The molecular formula is C23H19N3O7. The van der Waals surface area contributed by atoms with E-state index in [1.54, 1.807) is 32.0 Å². The van der Waals surface area contributed by atoms with Gasteiger partial charge in [-0.1, -0.05) is 17.3 Å². The van der Waals surface area contributed by atoms with Crippen molar-refractivity contribution >= 4 is 29.0 Å². The predicted octanol–water partition coefficient (Wildman–Crippen LogP) is 3.83. The van der Waals surface area contributed by atoms with E-state index in [1.165, 1.54) is 37.4 Å². The van der Waals surface area contributed by atoms with Crippen LogP contribution in [0.2, 0.25) is 0 Å². The maximum Gasteiger partial charge on any atom is 0.301 e. The maximum atomic E-state index is 13.1. The Balaban J connectivity index is 1.96. The zero-order chi connectivity index (χ0) is 23.9. The summed E-state index contributed by atoms with van der Waals surface area (Å²) in [6.07, 6.45) is 0. The molecule has 0 spiro atoms. The summed E-state index contributed by atoms with van der Waals surface area (Å²) in [5.41, 5.74) is 0.809. The molecule has 1 atom stereocenters. The van der Waals surface area contributed by atoms with E-state index < -0.39 is 28.4 Å². The van der Waals surface area contributed by atoms with E-state index in [4.69, 9.17) is 9.26 Å². The summed E-state index contributed by atoms with van der Waals surface area (Å²) >= 11 is 0. The number of ketones is 1. The number of hydrogen-bond donors (Lipinski definition) is 1. The Bertz CT molecular complexity index is 1330. The second kappa shape index (κ2) is 8.23. The number of aromatic nitrogens is 1. The molecule has 1 N–H and O–H groups in total. The van der Waals surface area contributed by atoms with Gasteiger partial charge in [0.05, 0.1) is 23.6 Å². The number of anilines is 1. The molecule has 0 saturated carbocycles. The first-order valence-electron chi connectivity index (χ1n) is 9.86. The number of ether oxygens (including phenoxy) is 1. The largest absolute Gasteiger partial charge is 0.507 e. The van der Waals surface area contributed by atoms with Crippen LogP contribution in [0.3, 0.4) is 0 Å². The number of amides is 1. The Hall–Kier alpha value is -4.47. The van der Waals surface area contributed by atoms with Crippen LogP contribution < -0.4 is 9.64 Å². The molecule has 2 aromatic carbocycles. The van der Waals surface area contributed by atoms with Gasteiger partial charge in [-0.05, 0) is 43.2 Å². The molecule has 33 heavy (non-hydrogen) atoms. The van der Waals surface area contributed by atoms with Gasteiger partial charge in [0.15, 0.2) is 5.82 Å². The molecule has 1 aliphatic rings. The number of carbonyl (C=O) groups excluding carboxylic acids is 2. The number of nitro groups is 1. The number of aliphatic hydroxyl groups is 1. The molecule has 0 aliphatic carbocycles. The van der Waals surface area contributed by atoms with E-state index in [1.807, 2.05) is 0 Å². The minimum atomic E-state index is -1.16. The number of nitro benzene ring substituents is 1. The molecule has 3 aromatic rings. The summed E-state index contributed by atoms with van der Waals surface area (Å²) in [6, 6.07) is 10.6. The van der Waals surface area contributed by atoms with Crippen molar-refractivity contribution in [2.24, 2.45) is 0 Å². The molecule has 1 fully saturated rings. The van der Waals surface area contributed by atoms with Gasteiger partial charge in [0.2, 0.25) is 0 Å². The number of carbonyl (C=O) groups is 2. The zero-order valence-electron chi connectivity index (χ0n) is 17.9. The van der Waals surface area contributed by atoms with Crippen LogP contribution in [0.1, 0.15) is 28.5 Å². The Morgan fingerprint density at radius 1 is 1.18 bits per heavy atom. The van der Waals surface area contributed by atoms with Crippen LogP contribution in [0.5, 0.6) is 5.75 Å². The maximum absolute atomic E-state index is 13.1. The zero-order valence-corrected chi connectivity index (χ0v) is 17.9. The van der Waals surface area contributed by atoms with Crippen LogP contribution in [0.4, 0.5) is 11.5 Å². The number of nitrogens with zero attached hydrogens (tertiary/aromatic N) is 3. The lowest BCUT2D eigenvalue weighted by Crippen LogP contribution is -2.29. The number of hydrogen-bond acceptors (Lipinski definition) is 8. The van der Waals surface area contributed by atoms with E-state index in [-0.39, 0.29) is 28.2 Å². The third-order valence-corrected chi connectivity index (χ3v) is 5.37. The molecule has 168 valence electrons. The third kappa shape index (κ3) is 3.71. The Morgan fingerprint density at radius 3 is 2.55 bits per heavy atom. The van der Waals surface area contributed by atoms with Crippen molar-refractivity contribution in [3.05, 3.63) is 86.7 Å². The first kappa shape index (κ1) is 21.8. The van der Waals surface area contributed by atoms with E-state index in [0.29, 0.717) is 17.1 Å². The third-order valence-electron chi connectivity index (χ3n) is 5.37. The molecule has 4 rings (SSSR count). The average molecular weight is 449 g/mol. The highest BCUT2D eigenvalue weighted by molar-refractivity contribution is 6.51. The molecule has 1 aliphatic heterocycles. The lowest BCUT2D eigenvalue weighted by atomic mass is 9.94. The second-order valence-electron chi connectivity index (χ2n) is 7.50. The molecule has 0 bridgehead atoms. The SMILES string of the molecule is COc1ccc(/C(O)=C2\C(=O)C(=O)N(c3cc(C)on3)[C@H]2c2cccc([N+](=O)[O-])c2)cc1C. The van der Waals surface area contributed by atoms with Gasteiger partial charge in [0.1, 0.15) is 17.3 Å². The van der Waals surface area contributed by atoms with Crippen LogP contribution in [0.25, 0.3) is 5.76 Å². The number of benzene rings is 2. The van der Waals surface area contributed by atoms with Crippen molar-refractivity contribution < 1.29 is 28.9 Å². The summed E-state index contributed by atoms with van der Waals surface area (Å²) in [5.74, 6) is -1.27. The molecule has 10 heteroatoms. The Labute approximate surface area is 187 Å². The predicted molar refractivity (Wildman–Crippen MR) is 117 cm³/mol.